The second-order valence-electron chi connectivity index (χ2n) is 4.73. The van der Waals surface area contributed by atoms with E-state index in [0.717, 1.165) is 12.8 Å². The summed E-state index contributed by atoms with van der Waals surface area (Å²) in [5.41, 5.74) is 0. The lowest BCUT2D eigenvalue weighted by atomic mass is 10.3. The van der Waals surface area contributed by atoms with Crippen LogP contribution in [0, 0.1) is 0 Å². The van der Waals surface area contributed by atoms with Crippen LogP contribution in [-0.4, -0.2) is 0 Å². The number of rotatable bonds is 8. The fourth-order valence-electron chi connectivity index (χ4n) is 2.06. The molecule has 0 heterocycles. The minimum Gasteiger partial charge on any atom is -0.0991 e. The molecule has 0 spiro atoms. The van der Waals surface area contributed by atoms with Gasteiger partial charge in [0, 0.05) is 0 Å². The zero-order chi connectivity index (χ0) is 22.2. The standard InChI is InChI=1S/C21H27S.3C2H6/c1-5-9-15-19(8-4)22(21-17-12-11-13-18-21)20(14-7-3)16-10-6-2;3*1-2/h5,8-18H,1,6-7H2,2-4H3;3*1-2H3/q+1;;;/b15-9-,16-10-,19-8+,20-14+;;;. The minimum atomic E-state index is -0.0655. The Morgan fingerprint density at radius 1 is 0.857 bits per heavy atom. The van der Waals surface area contributed by atoms with E-state index in [1.165, 1.54) is 14.7 Å². The van der Waals surface area contributed by atoms with Gasteiger partial charge >= 0.3 is 0 Å². The number of hydrogen-bond acceptors (Lipinski definition) is 0. The summed E-state index contributed by atoms with van der Waals surface area (Å²) in [5, 5.41) is 0. The molecule has 1 aromatic rings. The third kappa shape index (κ3) is 13.4. The molecule has 0 fully saturated rings. The molecular formula is C27H45S+. The molecule has 1 aromatic carbocycles. The van der Waals surface area contributed by atoms with E-state index >= 15 is 0 Å². The van der Waals surface area contributed by atoms with Crippen LogP contribution in [0.5, 0.6) is 0 Å². The fraction of sp³-hybridized carbons (Fsp3) is 0.407. The van der Waals surface area contributed by atoms with Crippen molar-refractivity contribution in [3.05, 3.63) is 89.3 Å². The van der Waals surface area contributed by atoms with Gasteiger partial charge in [-0.25, -0.2) is 0 Å². The Hall–Kier alpha value is -1.73. The summed E-state index contributed by atoms with van der Waals surface area (Å²) in [4.78, 5) is 4.06. The van der Waals surface area contributed by atoms with E-state index in [1.807, 2.05) is 53.7 Å². The van der Waals surface area contributed by atoms with Crippen molar-refractivity contribution in [2.24, 2.45) is 0 Å². The van der Waals surface area contributed by atoms with Crippen molar-refractivity contribution in [2.45, 2.75) is 80.1 Å². The summed E-state index contributed by atoms with van der Waals surface area (Å²) in [6.07, 6.45) is 17.2. The molecule has 28 heavy (non-hydrogen) atoms. The second kappa shape index (κ2) is 25.3. The Kier molecular flexibility index (Phi) is 28.0. The molecule has 0 amide bonds. The van der Waals surface area contributed by atoms with Gasteiger partial charge in [0.05, 0.1) is 10.9 Å². The first-order chi connectivity index (χ1) is 13.8. The molecule has 0 radical (unpaired) electrons. The molecule has 1 unspecified atom stereocenters. The van der Waals surface area contributed by atoms with Gasteiger partial charge in [0.1, 0.15) is 0 Å². The number of benzene rings is 1. The van der Waals surface area contributed by atoms with Gasteiger partial charge in [-0.15, -0.1) is 0 Å². The first-order valence-electron chi connectivity index (χ1n) is 10.9. The Morgan fingerprint density at radius 2 is 1.43 bits per heavy atom. The molecular weight excluding hydrogens is 356 g/mol. The molecule has 0 aliphatic heterocycles. The molecule has 0 saturated carbocycles. The SMILES string of the molecule is C=C/C=C\C(=C/C)[S+](C(/C=C\CC)=C/CC)c1ccccc1.CC.CC.CC. The smallest absolute Gasteiger partial charge is 0.0991 e. The lowest BCUT2D eigenvalue weighted by Crippen LogP contribution is -2.07. The van der Waals surface area contributed by atoms with Crippen LogP contribution in [0.4, 0.5) is 0 Å². The van der Waals surface area contributed by atoms with Crippen molar-refractivity contribution < 1.29 is 0 Å². The molecule has 0 aliphatic rings. The lowest BCUT2D eigenvalue weighted by molar-refractivity contribution is 1.20. The predicted molar refractivity (Wildman–Crippen MR) is 137 cm³/mol. The van der Waals surface area contributed by atoms with Crippen LogP contribution in [0.25, 0.3) is 0 Å². The van der Waals surface area contributed by atoms with Crippen molar-refractivity contribution in [2.75, 3.05) is 0 Å². The van der Waals surface area contributed by atoms with Gasteiger partial charge in [0.25, 0.3) is 0 Å². The Balaban J connectivity index is -0.000000946. The molecule has 1 atom stereocenters. The summed E-state index contributed by atoms with van der Waals surface area (Å²) >= 11 is 0. The fourth-order valence-corrected chi connectivity index (χ4v) is 4.33. The predicted octanol–water partition coefficient (Wildman–Crippen LogP) is 9.65. The van der Waals surface area contributed by atoms with E-state index in [2.05, 4.69) is 88.1 Å². The third-order valence-corrected chi connectivity index (χ3v) is 5.42. The summed E-state index contributed by atoms with van der Waals surface area (Å²) in [7, 11) is -0.0655. The number of allylic oxidation sites excluding steroid dienone is 7. The monoisotopic (exact) mass is 401 g/mol. The van der Waals surface area contributed by atoms with Gasteiger partial charge in [0.15, 0.2) is 14.7 Å². The molecule has 1 rings (SSSR count). The van der Waals surface area contributed by atoms with Gasteiger partial charge in [-0.2, -0.15) is 0 Å². The van der Waals surface area contributed by atoms with E-state index in [1.54, 1.807) is 0 Å². The van der Waals surface area contributed by atoms with Gasteiger partial charge in [-0.05, 0) is 56.2 Å². The van der Waals surface area contributed by atoms with E-state index in [9.17, 15) is 0 Å². The summed E-state index contributed by atoms with van der Waals surface area (Å²) < 4.78 is 0. The topological polar surface area (TPSA) is 0 Å². The van der Waals surface area contributed by atoms with Crippen LogP contribution < -0.4 is 0 Å². The van der Waals surface area contributed by atoms with Crippen LogP contribution in [0.15, 0.2) is 94.1 Å². The van der Waals surface area contributed by atoms with Gasteiger partial charge in [-0.1, -0.05) is 98.4 Å². The minimum absolute atomic E-state index is 0.0655. The van der Waals surface area contributed by atoms with Crippen LogP contribution >= 0.6 is 0 Å². The zero-order valence-corrected chi connectivity index (χ0v) is 20.8. The molecule has 0 aliphatic carbocycles. The maximum atomic E-state index is 3.79. The first kappa shape index (κ1) is 31.0. The van der Waals surface area contributed by atoms with Crippen molar-refractivity contribution in [3.63, 3.8) is 0 Å². The Bertz CT molecular complexity index is 559. The van der Waals surface area contributed by atoms with Crippen LogP contribution in [-0.2, 0) is 10.9 Å². The molecule has 1 heteroatoms. The molecule has 0 bridgehead atoms. The van der Waals surface area contributed by atoms with Crippen LogP contribution in [0.3, 0.4) is 0 Å². The zero-order valence-electron chi connectivity index (χ0n) is 20.0. The Morgan fingerprint density at radius 3 is 1.86 bits per heavy atom. The van der Waals surface area contributed by atoms with Crippen molar-refractivity contribution in [1.82, 2.24) is 0 Å². The van der Waals surface area contributed by atoms with Crippen molar-refractivity contribution >= 4 is 10.9 Å². The maximum absolute atomic E-state index is 3.79. The lowest BCUT2D eigenvalue weighted by Gasteiger charge is -2.09. The highest BCUT2D eigenvalue weighted by atomic mass is 32.2. The van der Waals surface area contributed by atoms with Crippen LogP contribution in [0.2, 0.25) is 0 Å². The van der Waals surface area contributed by atoms with Gasteiger partial charge < -0.3 is 0 Å². The average Bonchev–Trinajstić information content (AvgIpc) is 2.79. The second-order valence-corrected chi connectivity index (χ2v) is 6.76. The molecule has 0 nitrogen and oxygen atoms in total. The van der Waals surface area contributed by atoms with E-state index in [0.29, 0.717) is 0 Å². The Labute approximate surface area is 180 Å². The maximum Gasteiger partial charge on any atom is 0.166 e. The highest BCUT2D eigenvalue weighted by Crippen LogP contribution is 2.31. The van der Waals surface area contributed by atoms with Crippen molar-refractivity contribution in [1.29, 1.82) is 0 Å². The highest BCUT2D eigenvalue weighted by Gasteiger charge is 2.29. The quantitative estimate of drug-likeness (QED) is 0.300. The van der Waals surface area contributed by atoms with E-state index < -0.39 is 0 Å². The summed E-state index contributed by atoms with van der Waals surface area (Å²) in [5.74, 6) is 0. The van der Waals surface area contributed by atoms with Gasteiger partial charge in [0.2, 0.25) is 0 Å². The van der Waals surface area contributed by atoms with Crippen LogP contribution in [0.1, 0.15) is 75.2 Å². The third-order valence-electron chi connectivity index (χ3n) is 3.05. The first-order valence-corrected chi connectivity index (χ1v) is 12.1. The highest BCUT2D eigenvalue weighted by molar-refractivity contribution is 8.04. The van der Waals surface area contributed by atoms with E-state index in [4.69, 9.17) is 0 Å². The summed E-state index contributed by atoms with van der Waals surface area (Å²) in [6, 6.07) is 10.8. The number of hydrogen-bond donors (Lipinski definition) is 0. The van der Waals surface area contributed by atoms with E-state index in [-0.39, 0.29) is 10.9 Å². The molecule has 158 valence electrons. The normalized spacial score (nSPS) is 12.2. The van der Waals surface area contributed by atoms with Crippen molar-refractivity contribution in [3.8, 4) is 0 Å². The summed E-state index contributed by atoms with van der Waals surface area (Å²) in [6.45, 7) is 22.3. The average molecular weight is 402 g/mol. The molecule has 0 saturated heterocycles. The largest absolute Gasteiger partial charge is 0.166 e. The van der Waals surface area contributed by atoms with Gasteiger partial charge in [-0.3, -0.25) is 0 Å². The molecule has 0 N–H and O–H groups in total. The molecule has 0 aromatic heterocycles.